The summed E-state index contributed by atoms with van der Waals surface area (Å²) in [4.78, 5) is 0. The summed E-state index contributed by atoms with van der Waals surface area (Å²) in [7, 11) is 1.67. The first kappa shape index (κ1) is 14.0. The molecule has 1 atom stereocenters. The predicted molar refractivity (Wildman–Crippen MR) is 81.8 cm³/mol. The quantitative estimate of drug-likeness (QED) is 0.933. The summed E-state index contributed by atoms with van der Waals surface area (Å²) < 4.78 is 11.3. The van der Waals surface area contributed by atoms with Crippen molar-refractivity contribution in [3.63, 3.8) is 0 Å². The van der Waals surface area contributed by atoms with E-state index < -0.39 is 0 Å². The Morgan fingerprint density at radius 2 is 2.05 bits per heavy atom. The lowest BCUT2D eigenvalue weighted by molar-refractivity contribution is 0.180. The first-order valence-electron chi connectivity index (χ1n) is 7.24. The van der Waals surface area contributed by atoms with Gasteiger partial charge in [0, 0.05) is 5.56 Å². The van der Waals surface area contributed by atoms with Crippen LogP contribution in [0.25, 0.3) is 0 Å². The van der Waals surface area contributed by atoms with Gasteiger partial charge in [-0.2, -0.15) is 0 Å². The molecule has 1 N–H and O–H groups in total. The highest BCUT2D eigenvalue weighted by Gasteiger charge is 2.20. The summed E-state index contributed by atoms with van der Waals surface area (Å²) in [6.45, 7) is 2.53. The van der Waals surface area contributed by atoms with Crippen molar-refractivity contribution in [1.82, 2.24) is 0 Å². The maximum atomic E-state index is 9.82. The number of aliphatic hydroxyl groups excluding tert-OH is 1. The Morgan fingerprint density at radius 1 is 1.19 bits per heavy atom. The van der Waals surface area contributed by atoms with E-state index >= 15 is 0 Å². The van der Waals surface area contributed by atoms with Crippen molar-refractivity contribution in [1.29, 1.82) is 0 Å². The molecule has 0 saturated carbocycles. The molecule has 0 saturated heterocycles. The van der Waals surface area contributed by atoms with Crippen LogP contribution >= 0.6 is 0 Å². The van der Waals surface area contributed by atoms with Crippen molar-refractivity contribution in [2.24, 2.45) is 0 Å². The maximum Gasteiger partial charge on any atom is 0.125 e. The Kier molecular flexibility index (Phi) is 3.84. The van der Waals surface area contributed by atoms with Gasteiger partial charge in [0.15, 0.2) is 0 Å². The van der Waals surface area contributed by atoms with Crippen molar-refractivity contribution < 1.29 is 14.6 Å². The topological polar surface area (TPSA) is 38.7 Å². The van der Waals surface area contributed by atoms with Crippen LogP contribution in [-0.4, -0.2) is 12.2 Å². The standard InChI is InChI=1S/C18H20O3/c1-12-3-8-18(20-2)14(9-12)11-21-15-5-6-16-13(10-15)4-7-17(16)19/h3,5-6,8-10,17,19H,4,7,11H2,1-2H3/t17-/m0/s1. The lowest BCUT2D eigenvalue weighted by Gasteiger charge is -2.12. The molecule has 1 aliphatic rings. The van der Waals surface area contributed by atoms with Crippen LogP contribution in [0.3, 0.4) is 0 Å². The molecule has 3 heteroatoms. The first-order chi connectivity index (χ1) is 10.2. The molecular formula is C18H20O3. The molecule has 0 fully saturated rings. The average Bonchev–Trinajstić information content (AvgIpc) is 2.86. The smallest absolute Gasteiger partial charge is 0.125 e. The van der Waals surface area contributed by atoms with E-state index in [4.69, 9.17) is 9.47 Å². The average molecular weight is 284 g/mol. The Labute approximate surface area is 125 Å². The van der Waals surface area contributed by atoms with Gasteiger partial charge < -0.3 is 14.6 Å². The summed E-state index contributed by atoms with van der Waals surface area (Å²) in [6, 6.07) is 12.0. The largest absolute Gasteiger partial charge is 0.496 e. The Bertz CT molecular complexity index is 649. The van der Waals surface area contributed by atoms with Gasteiger partial charge in [-0.3, -0.25) is 0 Å². The molecule has 0 radical (unpaired) electrons. The third-order valence-corrected chi connectivity index (χ3v) is 3.99. The molecule has 3 nitrogen and oxygen atoms in total. The Hall–Kier alpha value is -2.00. The van der Waals surface area contributed by atoms with Crippen molar-refractivity contribution in [2.75, 3.05) is 7.11 Å². The zero-order valence-corrected chi connectivity index (χ0v) is 12.4. The van der Waals surface area contributed by atoms with Gasteiger partial charge in [0.05, 0.1) is 13.2 Å². The molecule has 21 heavy (non-hydrogen) atoms. The molecule has 110 valence electrons. The molecular weight excluding hydrogens is 264 g/mol. The van der Waals surface area contributed by atoms with Crippen LogP contribution in [0.4, 0.5) is 0 Å². The van der Waals surface area contributed by atoms with Crippen molar-refractivity contribution >= 4 is 0 Å². The molecule has 0 spiro atoms. The van der Waals surface area contributed by atoms with Crippen LogP contribution in [0.2, 0.25) is 0 Å². The number of methoxy groups -OCH3 is 1. The van der Waals surface area contributed by atoms with Crippen LogP contribution in [0.15, 0.2) is 36.4 Å². The zero-order chi connectivity index (χ0) is 14.8. The van der Waals surface area contributed by atoms with Crippen molar-refractivity contribution in [3.8, 4) is 11.5 Å². The number of aliphatic hydroxyl groups is 1. The summed E-state index contributed by atoms with van der Waals surface area (Å²) in [5.74, 6) is 1.68. The minimum Gasteiger partial charge on any atom is -0.496 e. The molecule has 0 unspecified atom stereocenters. The second-order valence-electron chi connectivity index (χ2n) is 5.52. The normalized spacial score (nSPS) is 16.6. The summed E-state index contributed by atoms with van der Waals surface area (Å²) in [6.07, 6.45) is 1.41. The van der Waals surface area contributed by atoms with Crippen molar-refractivity contribution in [3.05, 3.63) is 58.7 Å². The third-order valence-electron chi connectivity index (χ3n) is 3.99. The summed E-state index contributed by atoms with van der Waals surface area (Å²) >= 11 is 0. The second kappa shape index (κ2) is 5.78. The van der Waals surface area contributed by atoms with E-state index in [1.165, 1.54) is 11.1 Å². The second-order valence-corrected chi connectivity index (χ2v) is 5.52. The van der Waals surface area contributed by atoms with Gasteiger partial charge in [-0.1, -0.05) is 17.7 Å². The van der Waals surface area contributed by atoms with Gasteiger partial charge in [-0.05, 0) is 55.2 Å². The van der Waals surface area contributed by atoms with E-state index in [-0.39, 0.29) is 6.10 Å². The molecule has 2 aromatic carbocycles. The number of hydrogen-bond donors (Lipinski definition) is 1. The fourth-order valence-electron chi connectivity index (χ4n) is 2.84. The number of rotatable bonds is 4. The van der Waals surface area contributed by atoms with Gasteiger partial charge >= 0.3 is 0 Å². The molecule has 0 bridgehead atoms. The van der Waals surface area contributed by atoms with E-state index in [2.05, 4.69) is 13.0 Å². The van der Waals surface area contributed by atoms with Gasteiger partial charge in [-0.25, -0.2) is 0 Å². The molecule has 3 rings (SSSR count). The Balaban J connectivity index is 1.75. The highest BCUT2D eigenvalue weighted by molar-refractivity contribution is 5.41. The fraction of sp³-hybridized carbons (Fsp3) is 0.333. The number of aryl methyl sites for hydroxylation is 2. The molecule has 2 aromatic rings. The lowest BCUT2D eigenvalue weighted by atomic mass is 10.1. The zero-order valence-electron chi connectivity index (χ0n) is 12.4. The highest BCUT2D eigenvalue weighted by atomic mass is 16.5. The number of fused-ring (bicyclic) bond motifs is 1. The van der Waals surface area contributed by atoms with E-state index in [9.17, 15) is 5.11 Å². The monoisotopic (exact) mass is 284 g/mol. The number of ether oxygens (including phenoxy) is 2. The SMILES string of the molecule is COc1ccc(C)cc1COc1ccc2c(c1)CC[C@@H]2O. The van der Waals surface area contributed by atoms with Crippen LogP contribution in [0, 0.1) is 6.92 Å². The van der Waals surface area contributed by atoms with E-state index in [1.807, 2.05) is 30.3 Å². The van der Waals surface area contributed by atoms with Gasteiger partial charge in [0.1, 0.15) is 18.1 Å². The molecule has 0 amide bonds. The minimum atomic E-state index is -0.314. The van der Waals surface area contributed by atoms with Crippen LogP contribution in [0.5, 0.6) is 11.5 Å². The van der Waals surface area contributed by atoms with E-state index in [1.54, 1.807) is 7.11 Å². The number of hydrogen-bond acceptors (Lipinski definition) is 3. The van der Waals surface area contributed by atoms with E-state index in [0.29, 0.717) is 6.61 Å². The van der Waals surface area contributed by atoms with Crippen molar-refractivity contribution in [2.45, 2.75) is 32.5 Å². The summed E-state index contributed by atoms with van der Waals surface area (Å²) in [5, 5.41) is 9.82. The van der Waals surface area contributed by atoms with Crippen LogP contribution < -0.4 is 9.47 Å². The molecule has 1 aliphatic carbocycles. The first-order valence-corrected chi connectivity index (χ1v) is 7.24. The summed E-state index contributed by atoms with van der Waals surface area (Å²) in [5.41, 5.74) is 4.45. The molecule has 0 aliphatic heterocycles. The van der Waals surface area contributed by atoms with Gasteiger partial charge in [0.2, 0.25) is 0 Å². The van der Waals surface area contributed by atoms with Crippen LogP contribution in [0.1, 0.15) is 34.8 Å². The van der Waals surface area contributed by atoms with Gasteiger partial charge in [-0.15, -0.1) is 0 Å². The molecule has 0 aromatic heterocycles. The maximum absolute atomic E-state index is 9.82. The minimum absolute atomic E-state index is 0.314. The van der Waals surface area contributed by atoms with Crippen LogP contribution in [-0.2, 0) is 13.0 Å². The van der Waals surface area contributed by atoms with Gasteiger partial charge in [0.25, 0.3) is 0 Å². The molecule has 0 heterocycles. The predicted octanol–water partition coefficient (Wildman–Crippen LogP) is 3.56. The highest BCUT2D eigenvalue weighted by Crippen LogP contribution is 2.33. The number of benzene rings is 2. The van der Waals surface area contributed by atoms with E-state index in [0.717, 1.165) is 35.5 Å². The fourth-order valence-corrected chi connectivity index (χ4v) is 2.84. The lowest BCUT2D eigenvalue weighted by Crippen LogP contribution is -2.00. The third kappa shape index (κ3) is 2.88. The Morgan fingerprint density at radius 3 is 2.86 bits per heavy atom.